The summed E-state index contributed by atoms with van der Waals surface area (Å²) in [7, 11) is -3.14. The lowest BCUT2D eigenvalue weighted by atomic mass is 10.1. The summed E-state index contributed by atoms with van der Waals surface area (Å²) in [5.74, 6) is 0.117. The summed E-state index contributed by atoms with van der Waals surface area (Å²) in [4.78, 5) is 0. The summed E-state index contributed by atoms with van der Waals surface area (Å²) in [6, 6.07) is 6.65. The van der Waals surface area contributed by atoms with E-state index in [2.05, 4.69) is 5.32 Å². The maximum atomic E-state index is 11.8. The van der Waals surface area contributed by atoms with Gasteiger partial charge >= 0.3 is 0 Å². The minimum atomic E-state index is -3.14. The Morgan fingerprint density at radius 1 is 1.38 bits per heavy atom. The van der Waals surface area contributed by atoms with Crippen LogP contribution in [0.2, 0.25) is 0 Å². The van der Waals surface area contributed by atoms with E-state index < -0.39 is 9.84 Å². The van der Waals surface area contributed by atoms with E-state index >= 15 is 0 Å². The van der Waals surface area contributed by atoms with Gasteiger partial charge in [-0.05, 0) is 19.0 Å². The molecule has 1 unspecified atom stereocenters. The van der Waals surface area contributed by atoms with Crippen LogP contribution in [0.1, 0.15) is 12.0 Å². The Labute approximate surface area is 95.2 Å². The van der Waals surface area contributed by atoms with Crippen molar-refractivity contribution >= 4 is 9.84 Å². The monoisotopic (exact) mass is 241 g/mol. The number of phenols is 1. The third-order valence-corrected chi connectivity index (χ3v) is 4.41. The van der Waals surface area contributed by atoms with Crippen LogP contribution in [0.15, 0.2) is 24.3 Å². The molecule has 0 radical (unpaired) electrons. The molecule has 5 heteroatoms. The molecule has 0 aromatic heterocycles. The number of aromatic hydroxyl groups is 1. The van der Waals surface area contributed by atoms with Crippen molar-refractivity contribution in [2.24, 2.45) is 0 Å². The van der Waals surface area contributed by atoms with Crippen LogP contribution in [-0.4, -0.2) is 31.9 Å². The van der Waals surface area contributed by atoms with E-state index in [1.807, 2.05) is 0 Å². The highest BCUT2D eigenvalue weighted by molar-refractivity contribution is 7.90. The Morgan fingerprint density at radius 3 is 2.62 bits per heavy atom. The quantitative estimate of drug-likeness (QED) is 0.813. The second-order valence-electron chi connectivity index (χ2n) is 4.12. The normalized spacial score (nSPS) is 20.4. The molecule has 4 nitrogen and oxygen atoms in total. The largest absolute Gasteiger partial charge is 0.508 e. The van der Waals surface area contributed by atoms with Crippen molar-refractivity contribution in [3.63, 3.8) is 0 Å². The molecular formula is C11H15NO3S. The lowest BCUT2D eigenvalue weighted by Crippen LogP contribution is -2.47. The zero-order chi connectivity index (χ0) is 11.6. The molecule has 1 aliphatic heterocycles. The third-order valence-electron chi connectivity index (χ3n) is 2.75. The fourth-order valence-electron chi connectivity index (χ4n) is 1.73. The van der Waals surface area contributed by atoms with Gasteiger partial charge in [-0.2, -0.15) is 0 Å². The lowest BCUT2D eigenvalue weighted by molar-refractivity contribution is 0.398. The predicted molar refractivity (Wildman–Crippen MR) is 62.0 cm³/mol. The zero-order valence-electron chi connectivity index (χ0n) is 8.89. The van der Waals surface area contributed by atoms with Crippen LogP contribution >= 0.6 is 0 Å². The van der Waals surface area contributed by atoms with Crippen molar-refractivity contribution in [3.8, 4) is 5.75 Å². The molecule has 2 rings (SSSR count). The van der Waals surface area contributed by atoms with Gasteiger partial charge in [0, 0.05) is 11.6 Å². The van der Waals surface area contributed by atoms with Gasteiger partial charge < -0.3 is 10.4 Å². The maximum absolute atomic E-state index is 11.8. The van der Waals surface area contributed by atoms with Crippen LogP contribution in [0.3, 0.4) is 0 Å². The number of benzene rings is 1. The van der Waals surface area contributed by atoms with Gasteiger partial charge in [-0.25, -0.2) is 8.42 Å². The van der Waals surface area contributed by atoms with E-state index in [4.69, 9.17) is 0 Å². The first kappa shape index (κ1) is 11.4. The molecule has 0 spiro atoms. The Kier molecular flexibility index (Phi) is 3.16. The summed E-state index contributed by atoms with van der Waals surface area (Å²) in [5, 5.41) is 12.6. The van der Waals surface area contributed by atoms with Gasteiger partial charge in [0.15, 0.2) is 9.84 Å². The molecule has 0 amide bonds. The van der Waals surface area contributed by atoms with E-state index in [0.717, 1.165) is 13.0 Å². The van der Waals surface area contributed by atoms with Crippen LogP contribution in [-0.2, 0) is 15.6 Å². The molecule has 0 bridgehead atoms. The van der Waals surface area contributed by atoms with E-state index in [1.165, 1.54) is 6.07 Å². The maximum Gasteiger partial charge on any atom is 0.156 e. The standard InChI is InChI=1S/C11H15NO3S/c13-11-4-2-1-3-9(11)7-16(14,15)8-10-5-6-12-10/h1-4,10,12-13H,5-8H2. The number of hydrogen-bond donors (Lipinski definition) is 2. The topological polar surface area (TPSA) is 66.4 Å². The van der Waals surface area contributed by atoms with E-state index in [9.17, 15) is 13.5 Å². The molecule has 1 heterocycles. The van der Waals surface area contributed by atoms with Gasteiger partial charge in [-0.15, -0.1) is 0 Å². The number of para-hydroxylation sites is 1. The van der Waals surface area contributed by atoms with Gasteiger partial charge in [-0.1, -0.05) is 18.2 Å². The van der Waals surface area contributed by atoms with E-state index in [-0.39, 0.29) is 23.3 Å². The average molecular weight is 241 g/mol. The predicted octanol–water partition coefficient (Wildman–Crippen LogP) is 0.669. The summed E-state index contributed by atoms with van der Waals surface area (Å²) in [5.41, 5.74) is 0.474. The van der Waals surface area contributed by atoms with E-state index in [1.54, 1.807) is 18.2 Å². The SMILES string of the molecule is O=S(=O)(Cc1ccccc1O)CC1CCN1. The summed E-state index contributed by atoms with van der Waals surface area (Å²) in [6.07, 6.45) is 0.917. The molecule has 1 aliphatic rings. The first-order valence-corrected chi connectivity index (χ1v) is 7.10. The van der Waals surface area contributed by atoms with Crippen molar-refractivity contribution < 1.29 is 13.5 Å². The molecule has 0 saturated carbocycles. The molecule has 1 aromatic rings. The van der Waals surface area contributed by atoms with Crippen molar-refractivity contribution in [2.75, 3.05) is 12.3 Å². The van der Waals surface area contributed by atoms with Crippen LogP contribution in [0.4, 0.5) is 0 Å². The minimum absolute atomic E-state index is 0.0487. The number of phenolic OH excluding ortho intramolecular Hbond substituents is 1. The van der Waals surface area contributed by atoms with Crippen LogP contribution in [0.5, 0.6) is 5.75 Å². The van der Waals surface area contributed by atoms with Crippen LogP contribution < -0.4 is 5.32 Å². The molecule has 16 heavy (non-hydrogen) atoms. The summed E-state index contributed by atoms with van der Waals surface area (Å²) >= 11 is 0. The van der Waals surface area contributed by atoms with Crippen molar-refractivity contribution in [2.45, 2.75) is 18.2 Å². The molecule has 2 N–H and O–H groups in total. The second kappa shape index (κ2) is 4.43. The first-order valence-electron chi connectivity index (χ1n) is 5.27. The molecule has 88 valence electrons. The zero-order valence-corrected chi connectivity index (χ0v) is 9.70. The fourth-order valence-corrected chi connectivity index (χ4v) is 3.46. The first-order chi connectivity index (χ1) is 7.57. The van der Waals surface area contributed by atoms with Crippen molar-refractivity contribution in [3.05, 3.63) is 29.8 Å². The molecular weight excluding hydrogens is 226 g/mol. The second-order valence-corrected chi connectivity index (χ2v) is 6.23. The van der Waals surface area contributed by atoms with Gasteiger partial charge in [0.05, 0.1) is 11.5 Å². The van der Waals surface area contributed by atoms with E-state index in [0.29, 0.717) is 5.56 Å². The number of nitrogens with one attached hydrogen (secondary N) is 1. The number of rotatable bonds is 4. The number of sulfone groups is 1. The molecule has 1 atom stereocenters. The lowest BCUT2D eigenvalue weighted by Gasteiger charge is -2.27. The molecule has 1 aromatic carbocycles. The summed E-state index contributed by atoms with van der Waals surface area (Å²) < 4.78 is 23.6. The molecule has 1 fully saturated rings. The van der Waals surface area contributed by atoms with Crippen molar-refractivity contribution in [1.82, 2.24) is 5.32 Å². The van der Waals surface area contributed by atoms with Crippen LogP contribution in [0, 0.1) is 0 Å². The molecule has 1 saturated heterocycles. The molecule has 0 aliphatic carbocycles. The third kappa shape index (κ3) is 2.74. The highest BCUT2D eigenvalue weighted by Gasteiger charge is 2.24. The van der Waals surface area contributed by atoms with Crippen molar-refractivity contribution in [1.29, 1.82) is 0 Å². The Hall–Kier alpha value is -1.07. The minimum Gasteiger partial charge on any atom is -0.508 e. The highest BCUT2D eigenvalue weighted by Crippen LogP contribution is 2.19. The van der Waals surface area contributed by atoms with Gasteiger partial charge in [-0.3, -0.25) is 0 Å². The van der Waals surface area contributed by atoms with Gasteiger partial charge in [0.1, 0.15) is 5.75 Å². The highest BCUT2D eigenvalue weighted by atomic mass is 32.2. The van der Waals surface area contributed by atoms with Gasteiger partial charge in [0.2, 0.25) is 0 Å². The Bertz CT molecular complexity index is 466. The Morgan fingerprint density at radius 2 is 2.06 bits per heavy atom. The Balaban J connectivity index is 2.05. The fraction of sp³-hybridized carbons (Fsp3) is 0.455. The smallest absolute Gasteiger partial charge is 0.156 e. The van der Waals surface area contributed by atoms with Crippen LogP contribution in [0.25, 0.3) is 0 Å². The number of hydrogen-bond acceptors (Lipinski definition) is 4. The average Bonchev–Trinajstić information content (AvgIpc) is 2.16. The summed E-state index contributed by atoms with van der Waals surface area (Å²) in [6.45, 7) is 0.900. The van der Waals surface area contributed by atoms with Gasteiger partial charge in [0.25, 0.3) is 0 Å².